The van der Waals surface area contributed by atoms with Crippen molar-refractivity contribution in [2.45, 2.75) is 13.8 Å². The summed E-state index contributed by atoms with van der Waals surface area (Å²) in [6.45, 7) is 4.95. The third kappa shape index (κ3) is 4.10. The minimum Gasteiger partial charge on any atom is -0.373 e. The van der Waals surface area contributed by atoms with Crippen molar-refractivity contribution in [3.63, 3.8) is 0 Å². The summed E-state index contributed by atoms with van der Waals surface area (Å²) in [7, 11) is 0. The van der Waals surface area contributed by atoms with E-state index in [1.807, 2.05) is 30.5 Å². The number of aromatic nitrogens is 2. The van der Waals surface area contributed by atoms with Crippen molar-refractivity contribution in [3.05, 3.63) is 48.4 Å². The van der Waals surface area contributed by atoms with Crippen LogP contribution in [0.1, 0.15) is 13.8 Å². The minimum atomic E-state index is 0.803. The Labute approximate surface area is 113 Å². The van der Waals surface area contributed by atoms with Gasteiger partial charge in [-0.1, -0.05) is 23.8 Å². The molecule has 1 aromatic carbocycles. The van der Waals surface area contributed by atoms with Crippen molar-refractivity contribution < 1.29 is 0 Å². The molecule has 0 amide bonds. The molecular formula is C15H18N4. The van der Waals surface area contributed by atoms with Crippen molar-refractivity contribution in [2.24, 2.45) is 4.99 Å². The first-order valence-corrected chi connectivity index (χ1v) is 6.24. The number of allylic oxidation sites excluding steroid dienone is 1. The molecule has 1 aromatic heterocycles. The van der Waals surface area contributed by atoms with Crippen LogP contribution in [0.3, 0.4) is 0 Å². The Hall–Kier alpha value is -2.36. The topological polar surface area (TPSA) is 53.1 Å². The van der Waals surface area contributed by atoms with Crippen molar-refractivity contribution in [2.75, 3.05) is 6.54 Å². The van der Waals surface area contributed by atoms with Crippen LogP contribution in [-0.2, 0) is 0 Å². The molecule has 4 heteroatoms. The van der Waals surface area contributed by atoms with Gasteiger partial charge in [-0.15, -0.1) is 0 Å². The first-order valence-electron chi connectivity index (χ1n) is 6.24. The zero-order valence-electron chi connectivity index (χ0n) is 11.2. The lowest BCUT2D eigenvalue weighted by Gasteiger charge is -1.98. The fourth-order valence-electron chi connectivity index (χ4n) is 1.57. The maximum absolute atomic E-state index is 4.33. The molecular weight excluding hydrogens is 236 g/mol. The normalized spacial score (nSPS) is 10.6. The smallest absolute Gasteiger partial charge is 0.0927 e. The second-order valence-corrected chi connectivity index (χ2v) is 4.45. The van der Waals surface area contributed by atoms with Crippen LogP contribution < -0.4 is 5.32 Å². The first kappa shape index (κ1) is 13.1. The predicted octanol–water partition coefficient (Wildman–Crippen LogP) is 3.29. The number of benzene rings is 1. The Bertz CT molecular complexity index is 546. The Kier molecular flexibility index (Phi) is 4.50. The molecule has 0 spiro atoms. The number of aliphatic imine (C=N–C) groups is 1. The van der Waals surface area contributed by atoms with Gasteiger partial charge in [0.2, 0.25) is 0 Å². The molecule has 0 aliphatic heterocycles. The summed E-state index contributed by atoms with van der Waals surface area (Å²) < 4.78 is 0. The fourth-order valence-corrected chi connectivity index (χ4v) is 1.57. The van der Waals surface area contributed by atoms with Gasteiger partial charge in [0.05, 0.1) is 24.0 Å². The molecule has 0 aliphatic carbocycles. The zero-order valence-corrected chi connectivity index (χ0v) is 11.2. The molecule has 0 fully saturated rings. The summed E-state index contributed by atoms with van der Waals surface area (Å²) in [5.74, 6) is 0. The van der Waals surface area contributed by atoms with Crippen LogP contribution in [0.2, 0.25) is 0 Å². The SMILES string of the molecule is CC(C)=CCN/C=N/c1ccc(-c2c[nH]cn2)cc1. The number of rotatable bonds is 5. The molecule has 1 heterocycles. The van der Waals surface area contributed by atoms with E-state index in [-0.39, 0.29) is 0 Å². The van der Waals surface area contributed by atoms with E-state index < -0.39 is 0 Å². The molecule has 0 bridgehead atoms. The van der Waals surface area contributed by atoms with E-state index in [4.69, 9.17) is 0 Å². The largest absolute Gasteiger partial charge is 0.373 e. The number of H-pyrrole nitrogens is 1. The number of nitrogens with zero attached hydrogens (tertiary/aromatic N) is 2. The third-order valence-electron chi connectivity index (χ3n) is 2.59. The molecule has 2 rings (SSSR count). The number of aromatic amines is 1. The van der Waals surface area contributed by atoms with Gasteiger partial charge in [0.1, 0.15) is 0 Å². The van der Waals surface area contributed by atoms with Crippen LogP contribution in [0.4, 0.5) is 5.69 Å². The Morgan fingerprint density at radius 3 is 2.74 bits per heavy atom. The van der Waals surface area contributed by atoms with E-state index in [2.05, 4.69) is 40.2 Å². The highest BCUT2D eigenvalue weighted by Crippen LogP contribution is 2.19. The third-order valence-corrected chi connectivity index (χ3v) is 2.59. The average Bonchev–Trinajstić information content (AvgIpc) is 2.93. The van der Waals surface area contributed by atoms with Crippen LogP contribution in [0.25, 0.3) is 11.3 Å². The molecule has 19 heavy (non-hydrogen) atoms. The first-order chi connectivity index (χ1) is 9.25. The maximum atomic E-state index is 4.33. The molecule has 0 aliphatic rings. The molecule has 0 atom stereocenters. The van der Waals surface area contributed by atoms with Gasteiger partial charge < -0.3 is 10.3 Å². The molecule has 2 aromatic rings. The summed E-state index contributed by atoms with van der Waals surface area (Å²) in [6, 6.07) is 7.98. The maximum Gasteiger partial charge on any atom is 0.0927 e. The van der Waals surface area contributed by atoms with Crippen molar-refractivity contribution in [1.82, 2.24) is 15.3 Å². The number of hydrogen-bond donors (Lipinski definition) is 2. The summed E-state index contributed by atoms with van der Waals surface area (Å²) >= 11 is 0. The van der Waals surface area contributed by atoms with Crippen LogP contribution in [0.5, 0.6) is 0 Å². The summed E-state index contributed by atoms with van der Waals surface area (Å²) in [4.78, 5) is 11.5. The van der Waals surface area contributed by atoms with E-state index >= 15 is 0 Å². The van der Waals surface area contributed by atoms with Gasteiger partial charge >= 0.3 is 0 Å². The van der Waals surface area contributed by atoms with Crippen LogP contribution in [0.15, 0.2) is 53.4 Å². The molecule has 0 saturated carbocycles. The Balaban J connectivity index is 1.92. The van der Waals surface area contributed by atoms with Gasteiger partial charge in [0.25, 0.3) is 0 Å². The summed E-state index contributed by atoms with van der Waals surface area (Å²) in [5.41, 5.74) is 4.24. The molecule has 4 nitrogen and oxygen atoms in total. The predicted molar refractivity (Wildman–Crippen MR) is 79.6 cm³/mol. The van der Waals surface area contributed by atoms with Gasteiger partial charge in [-0.05, 0) is 26.0 Å². The zero-order chi connectivity index (χ0) is 13.5. The molecule has 2 N–H and O–H groups in total. The lowest BCUT2D eigenvalue weighted by molar-refractivity contribution is 1.05. The monoisotopic (exact) mass is 254 g/mol. The van der Waals surface area contributed by atoms with Crippen molar-refractivity contribution >= 4 is 12.0 Å². The quantitative estimate of drug-likeness (QED) is 0.372. The van der Waals surface area contributed by atoms with Crippen molar-refractivity contribution in [1.29, 1.82) is 0 Å². The van der Waals surface area contributed by atoms with E-state index in [9.17, 15) is 0 Å². The lowest BCUT2D eigenvalue weighted by atomic mass is 10.1. The van der Waals surface area contributed by atoms with Crippen LogP contribution in [-0.4, -0.2) is 22.9 Å². The van der Waals surface area contributed by atoms with E-state index in [1.165, 1.54) is 5.57 Å². The standard InChI is InChI=1S/C15H18N4/c1-12(2)7-8-16-10-18-14-5-3-13(4-6-14)15-9-17-11-19-15/h3-7,9-11H,8H2,1-2H3,(H,16,18)(H,17,19). The van der Waals surface area contributed by atoms with Gasteiger partial charge in [-0.3, -0.25) is 0 Å². The summed E-state index contributed by atoms with van der Waals surface area (Å²) in [6.07, 6.45) is 7.39. The van der Waals surface area contributed by atoms with Gasteiger partial charge in [-0.2, -0.15) is 0 Å². The molecule has 98 valence electrons. The number of hydrogen-bond acceptors (Lipinski definition) is 2. The van der Waals surface area contributed by atoms with Gasteiger partial charge in [0, 0.05) is 18.3 Å². The second-order valence-electron chi connectivity index (χ2n) is 4.45. The van der Waals surface area contributed by atoms with E-state index in [1.54, 1.807) is 12.7 Å². The van der Waals surface area contributed by atoms with Crippen LogP contribution in [0, 0.1) is 0 Å². The summed E-state index contributed by atoms with van der Waals surface area (Å²) in [5, 5.41) is 3.12. The van der Waals surface area contributed by atoms with Crippen LogP contribution >= 0.6 is 0 Å². The fraction of sp³-hybridized carbons (Fsp3) is 0.200. The highest BCUT2D eigenvalue weighted by Gasteiger charge is 1.98. The number of nitrogens with one attached hydrogen (secondary N) is 2. The lowest BCUT2D eigenvalue weighted by Crippen LogP contribution is -2.10. The molecule has 0 unspecified atom stereocenters. The van der Waals surface area contributed by atoms with Gasteiger partial charge in [-0.25, -0.2) is 9.98 Å². The molecule has 0 radical (unpaired) electrons. The number of imidazole rings is 1. The van der Waals surface area contributed by atoms with Gasteiger partial charge in [0.15, 0.2) is 0 Å². The second kappa shape index (κ2) is 6.54. The van der Waals surface area contributed by atoms with Crippen molar-refractivity contribution in [3.8, 4) is 11.3 Å². The van der Waals surface area contributed by atoms with E-state index in [0.29, 0.717) is 0 Å². The Morgan fingerprint density at radius 2 is 2.11 bits per heavy atom. The Morgan fingerprint density at radius 1 is 1.32 bits per heavy atom. The van der Waals surface area contributed by atoms with E-state index in [0.717, 1.165) is 23.5 Å². The highest BCUT2D eigenvalue weighted by atomic mass is 14.9. The highest BCUT2D eigenvalue weighted by molar-refractivity contribution is 5.65. The minimum absolute atomic E-state index is 0.803. The average molecular weight is 254 g/mol. The molecule has 0 saturated heterocycles.